The first-order chi connectivity index (χ1) is 14.2. The third-order valence-electron chi connectivity index (χ3n) is 5.76. The number of rotatable bonds is 10. The predicted octanol–water partition coefficient (Wildman–Crippen LogP) is 3.21. The van der Waals surface area contributed by atoms with Crippen LogP contribution in [0, 0.1) is 0 Å². The van der Waals surface area contributed by atoms with Gasteiger partial charge in [0, 0.05) is 38.8 Å². The maximum Gasteiger partial charge on any atom is 0.161 e. The molecule has 2 aromatic carbocycles. The van der Waals surface area contributed by atoms with Crippen molar-refractivity contribution in [2.24, 2.45) is 0 Å². The van der Waals surface area contributed by atoms with Gasteiger partial charge in [0.05, 0.1) is 14.2 Å². The summed E-state index contributed by atoms with van der Waals surface area (Å²) in [5.41, 5.74) is 2.63. The molecule has 158 valence electrons. The molecule has 1 aliphatic rings. The quantitative estimate of drug-likeness (QED) is 0.666. The lowest BCUT2D eigenvalue weighted by molar-refractivity contribution is 0.0546. The molecule has 1 aliphatic heterocycles. The van der Waals surface area contributed by atoms with E-state index in [-0.39, 0.29) is 6.61 Å². The molecule has 0 unspecified atom stereocenters. The molecule has 1 fully saturated rings. The van der Waals surface area contributed by atoms with E-state index in [4.69, 9.17) is 9.47 Å². The van der Waals surface area contributed by atoms with Crippen LogP contribution in [0.1, 0.15) is 24.0 Å². The molecule has 1 N–H and O–H groups in total. The molecule has 29 heavy (non-hydrogen) atoms. The number of ether oxygens (including phenoxy) is 2. The number of hydrogen-bond acceptors (Lipinski definition) is 5. The van der Waals surface area contributed by atoms with E-state index in [9.17, 15) is 5.11 Å². The van der Waals surface area contributed by atoms with Crippen LogP contribution in [-0.4, -0.2) is 68.0 Å². The van der Waals surface area contributed by atoms with Gasteiger partial charge in [-0.2, -0.15) is 0 Å². The summed E-state index contributed by atoms with van der Waals surface area (Å²) in [6.45, 7) is 5.29. The Hall–Kier alpha value is -2.08. The minimum atomic E-state index is 0.240. The van der Waals surface area contributed by atoms with E-state index in [2.05, 4.69) is 52.3 Å². The Labute approximate surface area is 174 Å². The molecule has 0 aromatic heterocycles. The normalized spacial score (nSPS) is 18.0. The first kappa shape index (κ1) is 21.6. The van der Waals surface area contributed by atoms with Crippen molar-refractivity contribution in [3.63, 3.8) is 0 Å². The molecule has 2 aromatic rings. The second-order valence-electron chi connectivity index (χ2n) is 7.72. The second kappa shape index (κ2) is 11.2. The molecule has 1 atom stereocenters. The maximum atomic E-state index is 9.57. The number of aryl methyl sites for hydroxylation is 1. The lowest BCUT2D eigenvalue weighted by Gasteiger charge is -2.41. The lowest BCUT2D eigenvalue weighted by atomic mass is 10.1. The average molecular weight is 399 g/mol. The highest BCUT2D eigenvalue weighted by Crippen LogP contribution is 2.28. The zero-order chi connectivity index (χ0) is 20.5. The summed E-state index contributed by atoms with van der Waals surface area (Å²) in [6, 6.07) is 17.2. The van der Waals surface area contributed by atoms with E-state index in [1.165, 1.54) is 11.1 Å². The summed E-state index contributed by atoms with van der Waals surface area (Å²) in [4.78, 5) is 5.04. The summed E-state index contributed by atoms with van der Waals surface area (Å²) in [7, 11) is 3.33. The number of aliphatic hydroxyl groups excluding tert-OH is 1. The lowest BCUT2D eigenvalue weighted by Crippen LogP contribution is -2.53. The number of nitrogens with zero attached hydrogens (tertiary/aromatic N) is 2. The van der Waals surface area contributed by atoms with Gasteiger partial charge >= 0.3 is 0 Å². The zero-order valence-electron chi connectivity index (χ0n) is 17.7. The van der Waals surface area contributed by atoms with Crippen molar-refractivity contribution in [2.75, 3.05) is 47.0 Å². The largest absolute Gasteiger partial charge is 0.493 e. The van der Waals surface area contributed by atoms with Crippen LogP contribution in [0.4, 0.5) is 0 Å². The van der Waals surface area contributed by atoms with E-state index < -0.39 is 0 Å². The van der Waals surface area contributed by atoms with E-state index in [0.29, 0.717) is 6.04 Å². The highest BCUT2D eigenvalue weighted by molar-refractivity contribution is 5.42. The molecular weight excluding hydrogens is 364 g/mol. The van der Waals surface area contributed by atoms with Gasteiger partial charge in [0.1, 0.15) is 0 Å². The van der Waals surface area contributed by atoms with Gasteiger partial charge in [-0.1, -0.05) is 36.4 Å². The van der Waals surface area contributed by atoms with E-state index in [1.807, 2.05) is 6.07 Å². The number of benzene rings is 2. The van der Waals surface area contributed by atoms with Gasteiger partial charge < -0.3 is 14.6 Å². The van der Waals surface area contributed by atoms with Crippen LogP contribution in [0.25, 0.3) is 0 Å². The zero-order valence-corrected chi connectivity index (χ0v) is 17.7. The Balaban J connectivity index is 1.54. The Morgan fingerprint density at radius 1 is 0.966 bits per heavy atom. The fraction of sp³-hybridized carbons (Fsp3) is 0.500. The van der Waals surface area contributed by atoms with Gasteiger partial charge in [-0.15, -0.1) is 0 Å². The molecule has 0 bridgehead atoms. The van der Waals surface area contributed by atoms with E-state index in [1.54, 1.807) is 14.2 Å². The molecule has 5 heteroatoms. The number of aliphatic hydroxyl groups is 1. The van der Waals surface area contributed by atoms with Gasteiger partial charge in [-0.05, 0) is 49.1 Å². The van der Waals surface area contributed by atoms with Crippen LogP contribution in [0.2, 0.25) is 0 Å². The van der Waals surface area contributed by atoms with Crippen molar-refractivity contribution in [3.05, 3.63) is 59.7 Å². The van der Waals surface area contributed by atoms with Crippen LogP contribution < -0.4 is 9.47 Å². The van der Waals surface area contributed by atoms with Crippen molar-refractivity contribution < 1.29 is 14.6 Å². The van der Waals surface area contributed by atoms with Crippen molar-refractivity contribution >= 4 is 0 Å². The smallest absolute Gasteiger partial charge is 0.161 e. The summed E-state index contributed by atoms with van der Waals surface area (Å²) in [5, 5.41) is 9.57. The molecular formula is C24H34N2O3. The number of piperazine rings is 1. The molecule has 3 rings (SSSR count). The van der Waals surface area contributed by atoms with Crippen LogP contribution in [0.3, 0.4) is 0 Å². The van der Waals surface area contributed by atoms with Gasteiger partial charge in [0.2, 0.25) is 0 Å². The van der Waals surface area contributed by atoms with Crippen molar-refractivity contribution in [2.45, 2.75) is 31.8 Å². The highest BCUT2D eigenvalue weighted by atomic mass is 16.5. The Morgan fingerprint density at radius 2 is 1.76 bits per heavy atom. The monoisotopic (exact) mass is 398 g/mol. The first-order valence-electron chi connectivity index (χ1n) is 10.6. The van der Waals surface area contributed by atoms with Crippen LogP contribution in [0.5, 0.6) is 11.5 Å². The number of hydrogen-bond donors (Lipinski definition) is 1. The van der Waals surface area contributed by atoms with Gasteiger partial charge in [0.25, 0.3) is 0 Å². The summed E-state index contributed by atoms with van der Waals surface area (Å²) >= 11 is 0. The SMILES string of the molecule is COc1ccc(CN2CCN(CCCc3ccccc3)[C@H](CCO)C2)cc1OC. The van der Waals surface area contributed by atoms with Crippen LogP contribution >= 0.6 is 0 Å². The minimum Gasteiger partial charge on any atom is -0.493 e. The highest BCUT2D eigenvalue weighted by Gasteiger charge is 2.26. The molecule has 0 radical (unpaired) electrons. The van der Waals surface area contributed by atoms with Gasteiger partial charge in [0.15, 0.2) is 11.5 Å². The van der Waals surface area contributed by atoms with E-state index >= 15 is 0 Å². The summed E-state index contributed by atoms with van der Waals surface area (Å²) < 4.78 is 10.8. The molecule has 0 amide bonds. The number of methoxy groups -OCH3 is 2. The molecule has 5 nitrogen and oxygen atoms in total. The maximum absolute atomic E-state index is 9.57. The van der Waals surface area contributed by atoms with Crippen LogP contribution in [-0.2, 0) is 13.0 Å². The Kier molecular flexibility index (Phi) is 8.35. The minimum absolute atomic E-state index is 0.240. The third kappa shape index (κ3) is 6.20. The average Bonchev–Trinajstić information content (AvgIpc) is 2.76. The fourth-order valence-electron chi connectivity index (χ4n) is 4.19. The molecule has 1 saturated heterocycles. The Morgan fingerprint density at radius 3 is 2.48 bits per heavy atom. The van der Waals surface area contributed by atoms with E-state index in [0.717, 1.165) is 63.5 Å². The summed E-state index contributed by atoms with van der Waals surface area (Å²) in [5.74, 6) is 1.54. The third-order valence-corrected chi connectivity index (χ3v) is 5.76. The van der Waals surface area contributed by atoms with Crippen LogP contribution in [0.15, 0.2) is 48.5 Å². The molecule has 0 saturated carbocycles. The molecule has 1 heterocycles. The molecule has 0 aliphatic carbocycles. The van der Waals surface area contributed by atoms with Crippen molar-refractivity contribution in [3.8, 4) is 11.5 Å². The van der Waals surface area contributed by atoms with Gasteiger partial charge in [-0.3, -0.25) is 9.80 Å². The summed E-state index contributed by atoms with van der Waals surface area (Å²) in [6.07, 6.45) is 3.09. The Bertz CT molecular complexity index is 738. The molecule has 0 spiro atoms. The topological polar surface area (TPSA) is 45.2 Å². The predicted molar refractivity (Wildman–Crippen MR) is 117 cm³/mol. The van der Waals surface area contributed by atoms with Crippen molar-refractivity contribution in [1.29, 1.82) is 0 Å². The van der Waals surface area contributed by atoms with Crippen molar-refractivity contribution in [1.82, 2.24) is 9.80 Å². The second-order valence-corrected chi connectivity index (χ2v) is 7.72. The first-order valence-corrected chi connectivity index (χ1v) is 10.6. The van der Waals surface area contributed by atoms with Gasteiger partial charge in [-0.25, -0.2) is 0 Å². The fourth-order valence-corrected chi connectivity index (χ4v) is 4.19. The standard InChI is InChI=1S/C24H34N2O3/c1-28-23-11-10-21(17-24(23)29-2)18-25-14-15-26(22(19-25)12-16-27)13-6-9-20-7-4-3-5-8-20/h3-5,7-8,10-11,17,22,27H,6,9,12-16,18-19H2,1-2H3/t22-/m1/s1.